The Morgan fingerprint density at radius 3 is 2.88 bits per heavy atom. The van der Waals surface area contributed by atoms with Gasteiger partial charge in [0.25, 0.3) is 5.56 Å². The van der Waals surface area contributed by atoms with Gasteiger partial charge >= 0.3 is 0 Å². The molecule has 0 aromatic carbocycles. The van der Waals surface area contributed by atoms with Gasteiger partial charge in [-0.1, -0.05) is 13.8 Å². The molecule has 4 N–H and O–H groups in total. The zero-order valence-electron chi connectivity index (χ0n) is 10.5. The van der Waals surface area contributed by atoms with Crippen molar-refractivity contribution in [2.24, 2.45) is 11.1 Å². The van der Waals surface area contributed by atoms with Gasteiger partial charge in [0.15, 0.2) is 5.82 Å². The van der Waals surface area contributed by atoms with E-state index in [4.69, 9.17) is 10.5 Å². The highest BCUT2D eigenvalue weighted by molar-refractivity contribution is 5.47. The molecule has 0 saturated carbocycles. The van der Waals surface area contributed by atoms with Crippen molar-refractivity contribution in [1.82, 2.24) is 9.97 Å². The number of hydrogen-bond acceptors (Lipinski definition) is 5. The zero-order valence-corrected chi connectivity index (χ0v) is 10.5. The molecule has 0 atom stereocenters. The van der Waals surface area contributed by atoms with Gasteiger partial charge in [-0.05, 0) is 18.4 Å². The lowest BCUT2D eigenvalue weighted by Crippen LogP contribution is -2.27. The van der Waals surface area contributed by atoms with Gasteiger partial charge in [0.05, 0.1) is 13.4 Å². The lowest BCUT2D eigenvalue weighted by atomic mass is 9.89. The van der Waals surface area contributed by atoms with E-state index in [1.807, 2.05) is 0 Å². The van der Waals surface area contributed by atoms with Crippen LogP contribution in [-0.2, 0) is 0 Å². The number of rotatable bonds is 6. The second-order valence-electron chi connectivity index (χ2n) is 4.67. The van der Waals surface area contributed by atoms with Crippen molar-refractivity contribution in [3.63, 3.8) is 0 Å². The molecule has 1 rings (SSSR count). The van der Waals surface area contributed by atoms with Gasteiger partial charge < -0.3 is 20.8 Å². The predicted octanol–water partition coefficient (Wildman–Crippen LogP) is 0.565. The highest BCUT2D eigenvalue weighted by atomic mass is 16.5. The minimum atomic E-state index is -0.290. The number of H-pyrrole nitrogens is 1. The van der Waals surface area contributed by atoms with E-state index in [1.54, 1.807) is 0 Å². The molecule has 1 aromatic heterocycles. The highest BCUT2D eigenvalue weighted by Crippen LogP contribution is 2.22. The largest absolute Gasteiger partial charge is 0.489 e. The summed E-state index contributed by atoms with van der Waals surface area (Å²) in [7, 11) is 1.45. The van der Waals surface area contributed by atoms with E-state index < -0.39 is 0 Å². The van der Waals surface area contributed by atoms with E-state index in [0.29, 0.717) is 18.9 Å². The van der Waals surface area contributed by atoms with Gasteiger partial charge in [-0.15, -0.1) is 0 Å². The van der Waals surface area contributed by atoms with E-state index in [-0.39, 0.29) is 16.7 Å². The summed E-state index contributed by atoms with van der Waals surface area (Å²) in [6, 6.07) is 0. The van der Waals surface area contributed by atoms with Gasteiger partial charge in [0, 0.05) is 6.54 Å². The fourth-order valence-corrected chi connectivity index (χ4v) is 1.50. The van der Waals surface area contributed by atoms with Crippen LogP contribution >= 0.6 is 0 Å². The minimum absolute atomic E-state index is 0.0457. The molecular weight excluding hydrogens is 220 g/mol. The minimum Gasteiger partial charge on any atom is -0.489 e. The van der Waals surface area contributed by atoms with Crippen molar-refractivity contribution in [2.75, 3.05) is 25.5 Å². The molecule has 0 aliphatic carbocycles. The molecule has 0 spiro atoms. The maximum absolute atomic E-state index is 11.4. The third kappa shape index (κ3) is 3.74. The molecular formula is C11H20N4O2. The summed E-state index contributed by atoms with van der Waals surface area (Å²) in [6.45, 7) is 5.52. The van der Waals surface area contributed by atoms with Crippen LogP contribution in [0, 0.1) is 5.41 Å². The maximum atomic E-state index is 11.4. The quantitative estimate of drug-likeness (QED) is 0.675. The van der Waals surface area contributed by atoms with Crippen molar-refractivity contribution in [3.05, 3.63) is 16.7 Å². The SMILES string of the molecule is COc1c(NCC(C)(C)CCN)nc[nH]c1=O. The molecule has 96 valence electrons. The summed E-state index contributed by atoms with van der Waals surface area (Å²) in [4.78, 5) is 18.0. The highest BCUT2D eigenvalue weighted by Gasteiger charge is 2.18. The Hall–Kier alpha value is -1.56. The fourth-order valence-electron chi connectivity index (χ4n) is 1.50. The van der Waals surface area contributed by atoms with Crippen LogP contribution < -0.4 is 21.3 Å². The monoisotopic (exact) mass is 240 g/mol. The maximum Gasteiger partial charge on any atom is 0.295 e. The average Bonchev–Trinajstić information content (AvgIpc) is 2.26. The van der Waals surface area contributed by atoms with E-state index in [2.05, 4.69) is 29.1 Å². The van der Waals surface area contributed by atoms with E-state index in [1.165, 1.54) is 13.4 Å². The molecule has 1 heterocycles. The second kappa shape index (κ2) is 5.67. The van der Waals surface area contributed by atoms with Crippen molar-refractivity contribution in [1.29, 1.82) is 0 Å². The predicted molar refractivity (Wildman–Crippen MR) is 67.4 cm³/mol. The number of anilines is 1. The molecule has 0 amide bonds. The first-order valence-electron chi connectivity index (χ1n) is 5.56. The number of nitrogens with zero attached hydrogens (tertiary/aromatic N) is 1. The number of hydrogen-bond donors (Lipinski definition) is 3. The van der Waals surface area contributed by atoms with Crippen LogP contribution in [0.2, 0.25) is 0 Å². The number of aromatic nitrogens is 2. The molecule has 17 heavy (non-hydrogen) atoms. The molecule has 0 aliphatic rings. The van der Waals surface area contributed by atoms with Crippen molar-refractivity contribution < 1.29 is 4.74 Å². The van der Waals surface area contributed by atoms with Crippen LogP contribution in [0.3, 0.4) is 0 Å². The van der Waals surface area contributed by atoms with E-state index >= 15 is 0 Å². The van der Waals surface area contributed by atoms with E-state index in [9.17, 15) is 4.79 Å². The fraction of sp³-hybridized carbons (Fsp3) is 0.636. The van der Waals surface area contributed by atoms with Crippen LogP contribution in [0.15, 0.2) is 11.1 Å². The van der Waals surface area contributed by atoms with Gasteiger partial charge in [0.1, 0.15) is 0 Å². The lowest BCUT2D eigenvalue weighted by Gasteiger charge is -2.24. The van der Waals surface area contributed by atoms with Gasteiger partial charge in [0.2, 0.25) is 5.75 Å². The Kier molecular flexibility index (Phi) is 4.51. The third-order valence-corrected chi connectivity index (χ3v) is 2.57. The topological polar surface area (TPSA) is 93.0 Å². The summed E-state index contributed by atoms with van der Waals surface area (Å²) in [5, 5.41) is 3.12. The number of nitrogens with one attached hydrogen (secondary N) is 2. The van der Waals surface area contributed by atoms with Gasteiger partial charge in [-0.2, -0.15) is 0 Å². The Balaban J connectivity index is 2.76. The number of nitrogens with two attached hydrogens (primary N) is 1. The zero-order chi connectivity index (χ0) is 12.9. The molecule has 6 heteroatoms. The van der Waals surface area contributed by atoms with Crippen molar-refractivity contribution in [2.45, 2.75) is 20.3 Å². The molecule has 0 bridgehead atoms. The summed E-state index contributed by atoms with van der Waals surface area (Å²) in [5.74, 6) is 0.664. The molecule has 0 fully saturated rings. The molecule has 1 aromatic rings. The Morgan fingerprint density at radius 1 is 1.59 bits per heavy atom. The first kappa shape index (κ1) is 13.5. The normalized spacial score (nSPS) is 11.3. The molecule has 6 nitrogen and oxygen atoms in total. The lowest BCUT2D eigenvalue weighted by molar-refractivity contribution is 0.362. The van der Waals surface area contributed by atoms with Gasteiger partial charge in [-0.3, -0.25) is 4.79 Å². The number of methoxy groups -OCH3 is 1. The Morgan fingerprint density at radius 2 is 2.29 bits per heavy atom. The van der Waals surface area contributed by atoms with Crippen LogP contribution in [0.25, 0.3) is 0 Å². The van der Waals surface area contributed by atoms with Crippen molar-refractivity contribution >= 4 is 5.82 Å². The number of ether oxygens (including phenoxy) is 1. The van der Waals surface area contributed by atoms with Crippen LogP contribution in [0.4, 0.5) is 5.82 Å². The smallest absolute Gasteiger partial charge is 0.295 e. The van der Waals surface area contributed by atoms with Crippen LogP contribution in [-0.4, -0.2) is 30.2 Å². The average molecular weight is 240 g/mol. The molecule has 0 saturated heterocycles. The second-order valence-corrected chi connectivity index (χ2v) is 4.67. The summed E-state index contributed by atoms with van der Waals surface area (Å²) < 4.78 is 5.01. The standard InChI is InChI=1S/C11H20N4O2/c1-11(2,4-5-12)6-13-9-8(17-3)10(16)15-7-14-9/h7H,4-6,12H2,1-3H3,(H2,13,14,15,16). The number of aromatic amines is 1. The Bertz CT molecular complexity index is 414. The summed E-state index contributed by atoms with van der Waals surface area (Å²) in [6.07, 6.45) is 2.24. The third-order valence-electron chi connectivity index (χ3n) is 2.57. The summed E-state index contributed by atoms with van der Waals surface area (Å²) in [5.41, 5.74) is 5.30. The first-order valence-corrected chi connectivity index (χ1v) is 5.56. The van der Waals surface area contributed by atoms with Gasteiger partial charge in [-0.25, -0.2) is 4.98 Å². The molecule has 0 aliphatic heterocycles. The first-order chi connectivity index (χ1) is 8.00. The molecule has 0 unspecified atom stereocenters. The van der Waals surface area contributed by atoms with Crippen molar-refractivity contribution in [3.8, 4) is 5.75 Å². The summed E-state index contributed by atoms with van der Waals surface area (Å²) >= 11 is 0. The van der Waals surface area contributed by atoms with Crippen LogP contribution in [0.1, 0.15) is 20.3 Å². The van der Waals surface area contributed by atoms with Crippen LogP contribution in [0.5, 0.6) is 5.75 Å². The molecule has 0 radical (unpaired) electrons. The van der Waals surface area contributed by atoms with E-state index in [0.717, 1.165) is 6.42 Å². The Labute approximate surface area is 101 Å².